The van der Waals surface area contributed by atoms with Crippen molar-refractivity contribution in [3.63, 3.8) is 0 Å². The van der Waals surface area contributed by atoms with Gasteiger partial charge in [-0.25, -0.2) is 4.98 Å². The Balaban J connectivity index is 0.00000144. The zero-order valence-electron chi connectivity index (χ0n) is 12.0. The van der Waals surface area contributed by atoms with Crippen molar-refractivity contribution in [3.05, 3.63) is 72.8 Å². The van der Waals surface area contributed by atoms with Crippen molar-refractivity contribution in [2.45, 2.75) is 0 Å². The average Bonchev–Trinajstić information content (AvgIpc) is 2.55. The quantitative estimate of drug-likeness (QED) is 0.401. The number of rotatable bonds is 1. The molecular weight excluding hydrogens is 324 g/mol. The zero-order chi connectivity index (χ0) is 14.2. The van der Waals surface area contributed by atoms with Crippen molar-refractivity contribution in [1.29, 1.82) is 0 Å². The first kappa shape index (κ1) is 14.7. The predicted molar refractivity (Wildman–Crippen MR) is 86.3 cm³/mol. The predicted octanol–water partition coefficient (Wildman–Crippen LogP) is 4.76. The maximum atomic E-state index is 10.2. The van der Waals surface area contributed by atoms with Gasteiger partial charge in [0.2, 0.25) is 0 Å². The Bertz CT molecular complexity index is 951. The molecule has 2 nitrogen and oxygen atoms in total. The summed E-state index contributed by atoms with van der Waals surface area (Å²) < 4.78 is 0. The molecule has 4 aromatic rings. The number of hydrogen-bond acceptors (Lipinski definition) is 2. The number of pyridine rings is 1. The minimum absolute atomic E-state index is 0. The second-order valence-corrected chi connectivity index (χ2v) is 5.08. The van der Waals surface area contributed by atoms with E-state index in [9.17, 15) is 5.11 Å². The van der Waals surface area contributed by atoms with Crippen LogP contribution in [0.15, 0.2) is 72.8 Å². The number of hydrogen-bond donors (Lipinski definition) is 1. The fourth-order valence-corrected chi connectivity index (χ4v) is 2.71. The van der Waals surface area contributed by atoms with Gasteiger partial charge in [-0.15, -0.1) is 0 Å². The van der Waals surface area contributed by atoms with Crippen LogP contribution in [0.25, 0.3) is 32.9 Å². The maximum absolute atomic E-state index is 10.2. The van der Waals surface area contributed by atoms with Crippen LogP contribution in [0.4, 0.5) is 0 Å². The van der Waals surface area contributed by atoms with Gasteiger partial charge >= 0.3 is 0 Å². The van der Waals surface area contributed by atoms with Crippen LogP contribution in [-0.2, 0) is 19.5 Å². The van der Waals surface area contributed by atoms with Gasteiger partial charge in [-0.1, -0.05) is 60.7 Å². The van der Waals surface area contributed by atoms with E-state index in [2.05, 4.69) is 6.07 Å². The molecule has 0 aliphatic heterocycles. The van der Waals surface area contributed by atoms with Crippen molar-refractivity contribution in [3.8, 4) is 17.0 Å². The Kier molecular flexibility index (Phi) is 3.91. The molecule has 22 heavy (non-hydrogen) atoms. The molecular formula is C19H13NOZn. The number of fused-ring (bicyclic) bond motifs is 3. The molecule has 0 aliphatic rings. The molecule has 1 aromatic heterocycles. The molecule has 102 valence electrons. The van der Waals surface area contributed by atoms with Crippen LogP contribution in [-0.4, -0.2) is 10.1 Å². The number of nitrogens with zero attached hydrogens (tertiary/aromatic N) is 1. The van der Waals surface area contributed by atoms with Crippen molar-refractivity contribution >= 4 is 21.7 Å². The van der Waals surface area contributed by atoms with Crippen LogP contribution >= 0.6 is 0 Å². The molecule has 0 spiro atoms. The summed E-state index contributed by atoms with van der Waals surface area (Å²) in [5, 5.41) is 13.0. The molecule has 0 fully saturated rings. The molecule has 0 amide bonds. The second-order valence-electron chi connectivity index (χ2n) is 5.08. The molecule has 4 rings (SSSR count). The Hall–Kier alpha value is -2.25. The number of phenolic OH excluding ortho intramolecular Hbond substituents is 1. The van der Waals surface area contributed by atoms with Crippen LogP contribution in [0, 0.1) is 0 Å². The molecule has 0 saturated carbocycles. The van der Waals surface area contributed by atoms with Crippen LogP contribution in [0.5, 0.6) is 5.75 Å². The van der Waals surface area contributed by atoms with Gasteiger partial charge in [0.25, 0.3) is 0 Å². The van der Waals surface area contributed by atoms with E-state index in [1.54, 1.807) is 6.07 Å². The molecule has 0 saturated heterocycles. The minimum Gasteiger partial charge on any atom is -0.507 e. The fourth-order valence-electron chi connectivity index (χ4n) is 2.71. The molecule has 0 unspecified atom stereocenters. The molecule has 3 aromatic carbocycles. The Morgan fingerprint density at radius 1 is 0.682 bits per heavy atom. The first-order valence-corrected chi connectivity index (χ1v) is 6.90. The van der Waals surface area contributed by atoms with E-state index >= 15 is 0 Å². The topological polar surface area (TPSA) is 33.1 Å². The molecule has 0 bridgehead atoms. The molecule has 0 atom stereocenters. The summed E-state index contributed by atoms with van der Waals surface area (Å²) in [6.45, 7) is 0. The van der Waals surface area contributed by atoms with Gasteiger partial charge in [0, 0.05) is 35.8 Å². The molecule has 0 radical (unpaired) electrons. The summed E-state index contributed by atoms with van der Waals surface area (Å²) >= 11 is 0. The monoisotopic (exact) mass is 335 g/mol. The van der Waals surface area contributed by atoms with Gasteiger partial charge in [-0.3, -0.25) is 0 Å². The third-order valence-corrected chi connectivity index (χ3v) is 3.75. The first-order chi connectivity index (χ1) is 10.3. The van der Waals surface area contributed by atoms with Gasteiger partial charge < -0.3 is 5.11 Å². The van der Waals surface area contributed by atoms with Gasteiger partial charge in [-0.05, 0) is 17.5 Å². The average molecular weight is 337 g/mol. The van der Waals surface area contributed by atoms with Gasteiger partial charge in [0.05, 0.1) is 11.2 Å². The molecule has 1 heterocycles. The van der Waals surface area contributed by atoms with Crippen molar-refractivity contribution in [2.75, 3.05) is 0 Å². The molecule has 1 N–H and O–H groups in total. The van der Waals surface area contributed by atoms with Crippen LogP contribution < -0.4 is 0 Å². The molecule has 0 aliphatic carbocycles. The van der Waals surface area contributed by atoms with E-state index < -0.39 is 0 Å². The SMILES string of the molecule is Oc1cccc2ccc3ccc(-c4ccccc4)nc3c12.[Zn]. The van der Waals surface area contributed by atoms with E-state index in [4.69, 9.17) is 4.98 Å². The minimum atomic E-state index is 0. The standard InChI is InChI=1S/C19H13NO.Zn/c21-17-8-4-7-14-9-10-15-11-12-16(20-19(15)18(14)17)13-5-2-1-3-6-13;/h1-12,21H;. The third-order valence-electron chi connectivity index (χ3n) is 3.75. The van der Waals surface area contributed by atoms with Crippen LogP contribution in [0.3, 0.4) is 0 Å². The molecule has 3 heteroatoms. The second kappa shape index (κ2) is 5.86. The van der Waals surface area contributed by atoms with E-state index in [0.29, 0.717) is 0 Å². The summed E-state index contributed by atoms with van der Waals surface area (Å²) in [6.07, 6.45) is 0. The smallest absolute Gasteiger partial charge is 0.125 e. The Labute approximate surface area is 141 Å². The maximum Gasteiger partial charge on any atom is 0.125 e. The fraction of sp³-hybridized carbons (Fsp3) is 0. The van der Waals surface area contributed by atoms with Crippen LogP contribution in [0.2, 0.25) is 0 Å². The summed E-state index contributed by atoms with van der Waals surface area (Å²) in [7, 11) is 0. The zero-order valence-corrected chi connectivity index (χ0v) is 15.0. The third kappa shape index (κ3) is 2.38. The van der Waals surface area contributed by atoms with Crippen molar-refractivity contribution < 1.29 is 24.6 Å². The van der Waals surface area contributed by atoms with E-state index in [1.165, 1.54) is 0 Å². The Morgan fingerprint density at radius 2 is 1.41 bits per heavy atom. The summed E-state index contributed by atoms with van der Waals surface area (Å²) in [5.74, 6) is 0.274. The number of benzene rings is 3. The van der Waals surface area contributed by atoms with Gasteiger partial charge in [0.15, 0.2) is 0 Å². The van der Waals surface area contributed by atoms with Gasteiger partial charge in [-0.2, -0.15) is 0 Å². The number of aromatic hydroxyl groups is 1. The Morgan fingerprint density at radius 3 is 2.23 bits per heavy atom. The summed E-state index contributed by atoms with van der Waals surface area (Å²) in [5.41, 5.74) is 2.83. The van der Waals surface area contributed by atoms with Crippen molar-refractivity contribution in [2.24, 2.45) is 0 Å². The summed E-state index contributed by atoms with van der Waals surface area (Å²) in [4.78, 5) is 4.77. The van der Waals surface area contributed by atoms with E-state index in [-0.39, 0.29) is 25.2 Å². The summed E-state index contributed by atoms with van der Waals surface area (Å²) in [6, 6.07) is 23.8. The van der Waals surface area contributed by atoms with Gasteiger partial charge in [0.1, 0.15) is 5.75 Å². The number of aromatic nitrogens is 1. The van der Waals surface area contributed by atoms with E-state index in [1.807, 2.05) is 60.7 Å². The largest absolute Gasteiger partial charge is 0.507 e. The number of phenols is 1. The van der Waals surface area contributed by atoms with Crippen molar-refractivity contribution in [1.82, 2.24) is 4.98 Å². The first-order valence-electron chi connectivity index (χ1n) is 6.90. The normalized spacial score (nSPS) is 10.5. The van der Waals surface area contributed by atoms with Crippen LogP contribution in [0.1, 0.15) is 0 Å². The van der Waals surface area contributed by atoms with E-state index in [0.717, 1.165) is 32.9 Å².